The summed E-state index contributed by atoms with van der Waals surface area (Å²) in [5.74, 6) is -0.356. The lowest BCUT2D eigenvalue weighted by molar-refractivity contribution is 0.640. The average molecular weight is 219 g/mol. The van der Waals surface area contributed by atoms with Gasteiger partial charge in [0.2, 0.25) is 0 Å². The van der Waals surface area contributed by atoms with Gasteiger partial charge in [-0.05, 0) is 17.5 Å². The van der Waals surface area contributed by atoms with Crippen LogP contribution in [0.4, 0.5) is 4.39 Å². The summed E-state index contributed by atoms with van der Waals surface area (Å²) in [7, 11) is 0. The van der Waals surface area contributed by atoms with Crippen molar-refractivity contribution in [1.29, 1.82) is 0 Å². The normalized spacial score (nSPS) is 10.9. The molecule has 0 aliphatic rings. The molecule has 1 aromatic heterocycles. The van der Waals surface area contributed by atoms with Crippen molar-refractivity contribution >= 4 is 45.7 Å². The van der Waals surface area contributed by atoms with Gasteiger partial charge in [0.25, 0.3) is 0 Å². The molecule has 2 rings (SSSR count). The van der Waals surface area contributed by atoms with E-state index in [1.165, 1.54) is 17.4 Å². The highest BCUT2D eigenvalue weighted by Gasteiger charge is 2.09. The number of hydrogen-bond donors (Lipinski definition) is 1. The van der Waals surface area contributed by atoms with Crippen molar-refractivity contribution in [3.05, 3.63) is 28.4 Å². The molecule has 0 N–H and O–H groups in total. The third-order valence-corrected chi connectivity index (χ3v) is 3.33. The Morgan fingerprint density at radius 2 is 2.25 bits per heavy atom. The maximum absolute atomic E-state index is 13.3. The number of thiol groups is 1. The highest BCUT2D eigenvalue weighted by Crippen LogP contribution is 2.33. The summed E-state index contributed by atoms with van der Waals surface area (Å²) in [5.41, 5.74) is 0. The van der Waals surface area contributed by atoms with Crippen molar-refractivity contribution in [2.75, 3.05) is 0 Å². The summed E-state index contributed by atoms with van der Waals surface area (Å²) >= 11 is 11.3. The van der Waals surface area contributed by atoms with Crippen molar-refractivity contribution in [2.24, 2.45) is 0 Å². The van der Waals surface area contributed by atoms with Gasteiger partial charge >= 0.3 is 0 Å². The van der Waals surface area contributed by atoms with Crippen LogP contribution in [-0.4, -0.2) is 0 Å². The topological polar surface area (TPSA) is 0 Å². The van der Waals surface area contributed by atoms with E-state index in [-0.39, 0.29) is 10.8 Å². The molecule has 1 aromatic carbocycles. The van der Waals surface area contributed by atoms with Gasteiger partial charge in [0.05, 0.1) is 9.72 Å². The molecular weight excluding hydrogens is 215 g/mol. The Balaban J connectivity index is 2.97. The summed E-state index contributed by atoms with van der Waals surface area (Å²) in [5, 5.41) is 2.51. The Labute approximate surface area is 83.4 Å². The van der Waals surface area contributed by atoms with Gasteiger partial charge in [0, 0.05) is 10.3 Å². The minimum Gasteiger partial charge on any atom is -0.205 e. The van der Waals surface area contributed by atoms with Crippen LogP contribution >= 0.6 is 35.6 Å². The third-order valence-electron chi connectivity index (χ3n) is 1.61. The van der Waals surface area contributed by atoms with Crippen LogP contribution in [0.5, 0.6) is 0 Å². The van der Waals surface area contributed by atoms with Crippen molar-refractivity contribution < 1.29 is 4.39 Å². The fourth-order valence-corrected chi connectivity index (χ4v) is 2.56. The van der Waals surface area contributed by atoms with Crippen LogP contribution in [0.1, 0.15) is 0 Å². The van der Waals surface area contributed by atoms with Crippen LogP contribution < -0.4 is 0 Å². The predicted octanol–water partition coefficient (Wildman–Crippen LogP) is 3.98. The number of benzene rings is 1. The second kappa shape index (κ2) is 2.91. The molecule has 0 saturated carbocycles. The first-order valence-electron chi connectivity index (χ1n) is 3.24. The maximum atomic E-state index is 13.3. The van der Waals surface area contributed by atoms with Gasteiger partial charge in [-0.3, -0.25) is 0 Å². The van der Waals surface area contributed by atoms with Gasteiger partial charge in [0.15, 0.2) is 5.82 Å². The van der Waals surface area contributed by atoms with E-state index in [0.717, 1.165) is 9.60 Å². The molecule has 12 heavy (non-hydrogen) atoms. The fraction of sp³-hybridized carbons (Fsp3) is 0. The first-order valence-corrected chi connectivity index (χ1v) is 4.95. The Morgan fingerprint density at radius 3 is 3.00 bits per heavy atom. The fourth-order valence-electron chi connectivity index (χ4n) is 1.06. The summed E-state index contributed by atoms with van der Waals surface area (Å²) in [6.07, 6.45) is 0. The number of fused-ring (bicyclic) bond motifs is 1. The van der Waals surface area contributed by atoms with Gasteiger partial charge in [-0.1, -0.05) is 11.6 Å². The minimum absolute atomic E-state index is 0.130. The van der Waals surface area contributed by atoms with Gasteiger partial charge in [-0.2, -0.15) is 0 Å². The quantitative estimate of drug-likeness (QED) is 0.636. The molecule has 0 spiro atoms. The highest BCUT2D eigenvalue weighted by atomic mass is 35.5. The summed E-state index contributed by atoms with van der Waals surface area (Å²) < 4.78 is 14.1. The van der Waals surface area contributed by atoms with E-state index >= 15 is 0 Å². The van der Waals surface area contributed by atoms with Crippen LogP contribution in [-0.2, 0) is 0 Å². The molecule has 0 fully saturated rings. The van der Waals surface area contributed by atoms with Crippen molar-refractivity contribution in [3.8, 4) is 0 Å². The molecule has 0 aliphatic heterocycles. The van der Waals surface area contributed by atoms with E-state index in [2.05, 4.69) is 12.6 Å². The number of thiophene rings is 1. The lowest BCUT2D eigenvalue weighted by Gasteiger charge is -1.98. The van der Waals surface area contributed by atoms with Gasteiger partial charge in [0.1, 0.15) is 0 Å². The zero-order valence-electron chi connectivity index (χ0n) is 5.84. The molecule has 1 heterocycles. The van der Waals surface area contributed by atoms with E-state index in [1.807, 2.05) is 5.38 Å². The summed E-state index contributed by atoms with van der Waals surface area (Å²) in [6, 6.07) is 3.24. The molecule has 2 aromatic rings. The van der Waals surface area contributed by atoms with Gasteiger partial charge in [-0.15, -0.1) is 24.0 Å². The van der Waals surface area contributed by atoms with Crippen LogP contribution in [0.15, 0.2) is 22.4 Å². The molecule has 0 amide bonds. The number of hydrogen-bond acceptors (Lipinski definition) is 2. The molecule has 0 nitrogen and oxygen atoms in total. The van der Waals surface area contributed by atoms with Crippen LogP contribution in [0.25, 0.3) is 10.1 Å². The molecule has 0 radical (unpaired) electrons. The van der Waals surface area contributed by atoms with Crippen LogP contribution in [0.2, 0.25) is 5.02 Å². The standard InChI is InChI=1S/C8H4ClFS2/c9-5-3-6(11)8-4(7(5)10)1-2-12-8/h1-3,11H. The van der Waals surface area contributed by atoms with Crippen LogP contribution in [0.3, 0.4) is 0 Å². The van der Waals surface area contributed by atoms with Crippen LogP contribution in [0, 0.1) is 5.82 Å². The maximum Gasteiger partial charge on any atom is 0.150 e. The van der Waals surface area contributed by atoms with Crippen molar-refractivity contribution in [1.82, 2.24) is 0 Å². The molecule has 0 bridgehead atoms. The Hall–Kier alpha value is -0.250. The van der Waals surface area contributed by atoms with Gasteiger partial charge < -0.3 is 0 Å². The first-order chi connectivity index (χ1) is 5.70. The Bertz CT molecular complexity index is 436. The molecule has 0 atom stereocenters. The van der Waals surface area contributed by atoms with E-state index in [0.29, 0.717) is 5.39 Å². The minimum atomic E-state index is -0.356. The highest BCUT2D eigenvalue weighted by molar-refractivity contribution is 7.80. The predicted molar refractivity (Wildman–Crippen MR) is 54.0 cm³/mol. The Kier molecular flexibility index (Phi) is 2.02. The zero-order chi connectivity index (χ0) is 8.72. The van der Waals surface area contributed by atoms with Crippen molar-refractivity contribution in [3.63, 3.8) is 0 Å². The second-order valence-corrected chi connectivity index (χ2v) is 4.16. The van der Waals surface area contributed by atoms with E-state index in [1.54, 1.807) is 6.07 Å². The SMILES string of the molecule is Fc1c(Cl)cc(S)c2sccc12. The van der Waals surface area contributed by atoms with E-state index in [4.69, 9.17) is 11.6 Å². The average Bonchev–Trinajstić information content (AvgIpc) is 2.48. The second-order valence-electron chi connectivity index (χ2n) is 2.35. The van der Waals surface area contributed by atoms with Crippen molar-refractivity contribution in [2.45, 2.75) is 4.90 Å². The summed E-state index contributed by atoms with van der Waals surface area (Å²) in [6.45, 7) is 0. The largest absolute Gasteiger partial charge is 0.205 e. The van der Waals surface area contributed by atoms with E-state index < -0.39 is 0 Å². The number of rotatable bonds is 0. The molecule has 0 unspecified atom stereocenters. The smallest absolute Gasteiger partial charge is 0.150 e. The molecular formula is C8H4ClFS2. The zero-order valence-corrected chi connectivity index (χ0v) is 8.31. The lowest BCUT2D eigenvalue weighted by Crippen LogP contribution is -1.78. The molecule has 0 saturated heterocycles. The van der Waals surface area contributed by atoms with Gasteiger partial charge in [-0.25, -0.2) is 4.39 Å². The monoisotopic (exact) mass is 218 g/mol. The molecule has 4 heteroatoms. The summed E-state index contributed by atoms with van der Waals surface area (Å²) in [4.78, 5) is 0.728. The Morgan fingerprint density at radius 1 is 1.50 bits per heavy atom. The molecule has 62 valence electrons. The number of halogens is 2. The third kappa shape index (κ3) is 1.13. The van der Waals surface area contributed by atoms with E-state index in [9.17, 15) is 4.39 Å². The lowest BCUT2D eigenvalue weighted by atomic mass is 10.2. The first kappa shape index (κ1) is 8.35. The molecule has 0 aliphatic carbocycles.